The van der Waals surface area contributed by atoms with Gasteiger partial charge in [-0.05, 0) is 18.2 Å². The Balaban J connectivity index is 3.15. The van der Waals surface area contributed by atoms with Crippen molar-refractivity contribution < 1.29 is 32.6 Å². The molecule has 0 bridgehead atoms. The Morgan fingerprint density at radius 2 is 2.11 bits per heavy atom. The number of carbonyl (C=O) groups is 2. The molecular weight excluding hydrogens is 265 g/mol. The molecule has 0 aliphatic rings. The van der Waals surface area contributed by atoms with Gasteiger partial charge in [-0.25, -0.2) is 4.79 Å². The van der Waals surface area contributed by atoms with Crippen LogP contribution in [-0.2, 0) is 4.79 Å². The lowest BCUT2D eigenvalue weighted by Crippen LogP contribution is -2.19. The molecule has 0 fully saturated rings. The van der Waals surface area contributed by atoms with Gasteiger partial charge in [-0.3, -0.25) is 0 Å². The molecule has 0 saturated carbocycles. The van der Waals surface area contributed by atoms with Crippen LogP contribution in [0.3, 0.4) is 0 Å². The summed E-state index contributed by atoms with van der Waals surface area (Å²) in [5.41, 5.74) is -0.510. The fourth-order valence-electron chi connectivity index (χ4n) is 1.18. The highest BCUT2D eigenvalue weighted by molar-refractivity contribution is 5.91. The number of alkyl halides is 3. The predicted octanol–water partition coefficient (Wildman–Crippen LogP) is 2.22. The number of aromatic carboxylic acids is 1. The highest BCUT2D eigenvalue weighted by Crippen LogP contribution is 2.27. The van der Waals surface area contributed by atoms with Crippen molar-refractivity contribution in [2.45, 2.75) is 12.8 Å². The van der Waals surface area contributed by atoms with Crippen LogP contribution in [0.2, 0.25) is 0 Å². The zero-order valence-corrected chi connectivity index (χ0v) is 9.32. The molecule has 1 N–H and O–H groups in total. The maximum Gasteiger partial charge on any atom is 0.573 e. The summed E-state index contributed by atoms with van der Waals surface area (Å²) < 4.78 is 40.0. The number of rotatable bonds is 3. The second-order valence-electron chi connectivity index (χ2n) is 3.24. The number of hydrogen-bond acceptors (Lipinski definition) is 3. The van der Waals surface area contributed by atoms with E-state index in [4.69, 9.17) is 5.11 Å². The number of benzene rings is 1. The maximum absolute atomic E-state index is 12.1. The van der Waals surface area contributed by atoms with Crippen molar-refractivity contribution in [1.29, 1.82) is 0 Å². The Bertz CT molecular complexity index is 552. The second kappa shape index (κ2) is 5.91. The molecule has 0 aliphatic heterocycles. The molecule has 0 spiro atoms. The zero-order chi connectivity index (χ0) is 14.5. The normalized spacial score (nSPS) is 10.3. The molecule has 7 heteroatoms. The van der Waals surface area contributed by atoms with Crippen molar-refractivity contribution in [2.24, 2.45) is 0 Å². The lowest BCUT2D eigenvalue weighted by Gasteiger charge is -2.11. The van der Waals surface area contributed by atoms with Gasteiger partial charge in [-0.15, -0.1) is 13.2 Å². The second-order valence-corrected chi connectivity index (χ2v) is 3.24. The molecule has 0 saturated heterocycles. The first-order valence-corrected chi connectivity index (χ1v) is 4.89. The average molecular weight is 272 g/mol. The Kier molecular flexibility index (Phi) is 4.53. The van der Waals surface area contributed by atoms with Crippen LogP contribution in [0, 0.1) is 11.8 Å². The van der Waals surface area contributed by atoms with Crippen LogP contribution in [0.15, 0.2) is 18.2 Å². The molecule has 1 aromatic carbocycles. The van der Waals surface area contributed by atoms with Gasteiger partial charge in [0.05, 0.1) is 6.42 Å². The standard InChI is InChI=1S/C12H7F3O4/c13-12(14,15)19-10-7-8(3-1-2-6-16)4-5-9(10)11(17)18/h4-7H,2H2,(H,17,18). The highest BCUT2D eigenvalue weighted by Gasteiger charge is 2.33. The Morgan fingerprint density at radius 1 is 1.42 bits per heavy atom. The van der Waals surface area contributed by atoms with Crippen LogP contribution in [0.5, 0.6) is 5.75 Å². The number of aldehydes is 1. The number of halogens is 3. The van der Waals surface area contributed by atoms with Crippen molar-refractivity contribution >= 4 is 12.3 Å². The van der Waals surface area contributed by atoms with E-state index < -0.39 is 23.6 Å². The number of ether oxygens (including phenoxy) is 1. The smallest absolute Gasteiger partial charge is 0.478 e. The Hall–Kier alpha value is -2.49. The van der Waals surface area contributed by atoms with E-state index in [1.807, 2.05) is 0 Å². The van der Waals surface area contributed by atoms with Crippen molar-refractivity contribution in [3.63, 3.8) is 0 Å². The van der Waals surface area contributed by atoms with E-state index in [0.717, 1.165) is 12.1 Å². The summed E-state index contributed by atoms with van der Waals surface area (Å²) in [7, 11) is 0. The van der Waals surface area contributed by atoms with E-state index in [1.165, 1.54) is 6.07 Å². The van der Waals surface area contributed by atoms with Crippen LogP contribution in [0.25, 0.3) is 0 Å². The van der Waals surface area contributed by atoms with E-state index in [-0.39, 0.29) is 12.0 Å². The van der Waals surface area contributed by atoms with Crippen molar-refractivity contribution in [3.05, 3.63) is 29.3 Å². The minimum atomic E-state index is -5.00. The van der Waals surface area contributed by atoms with Gasteiger partial charge in [0, 0.05) is 5.56 Å². The van der Waals surface area contributed by atoms with Crippen LogP contribution >= 0.6 is 0 Å². The lowest BCUT2D eigenvalue weighted by molar-refractivity contribution is -0.274. The summed E-state index contributed by atoms with van der Waals surface area (Å²) in [4.78, 5) is 20.8. The topological polar surface area (TPSA) is 63.6 Å². The van der Waals surface area contributed by atoms with Crippen LogP contribution < -0.4 is 4.74 Å². The summed E-state index contributed by atoms with van der Waals surface area (Å²) in [5, 5.41) is 8.74. The van der Waals surface area contributed by atoms with Gasteiger partial charge in [0.2, 0.25) is 0 Å². The molecule has 0 atom stereocenters. The molecule has 0 aliphatic carbocycles. The molecule has 0 aromatic heterocycles. The summed E-state index contributed by atoms with van der Waals surface area (Å²) in [6, 6.07) is 3.04. The van der Waals surface area contributed by atoms with Gasteiger partial charge in [-0.1, -0.05) is 11.8 Å². The van der Waals surface area contributed by atoms with Crippen molar-refractivity contribution in [3.8, 4) is 17.6 Å². The zero-order valence-electron chi connectivity index (χ0n) is 9.32. The van der Waals surface area contributed by atoms with Crippen LogP contribution in [0.1, 0.15) is 22.3 Å². The highest BCUT2D eigenvalue weighted by atomic mass is 19.4. The Morgan fingerprint density at radius 3 is 2.63 bits per heavy atom. The largest absolute Gasteiger partial charge is 0.573 e. The number of carboxylic acids is 1. The molecule has 0 amide bonds. The van der Waals surface area contributed by atoms with Gasteiger partial charge >= 0.3 is 12.3 Å². The molecule has 100 valence electrons. The summed E-state index contributed by atoms with van der Waals surface area (Å²) in [6.45, 7) is 0. The quantitative estimate of drug-likeness (QED) is 0.677. The molecule has 0 heterocycles. The van der Waals surface area contributed by atoms with Gasteiger partial charge in [0.25, 0.3) is 0 Å². The molecule has 1 rings (SSSR count). The Labute approximate surface area is 105 Å². The molecule has 0 radical (unpaired) electrons. The van der Waals surface area contributed by atoms with Crippen LogP contribution in [-0.4, -0.2) is 23.7 Å². The minimum absolute atomic E-state index is 0.0733. The van der Waals surface area contributed by atoms with Gasteiger partial charge in [-0.2, -0.15) is 0 Å². The summed E-state index contributed by atoms with van der Waals surface area (Å²) in [5.74, 6) is 2.41. The molecule has 0 unspecified atom stereocenters. The van der Waals surface area contributed by atoms with Gasteiger partial charge in [0.15, 0.2) is 0 Å². The van der Waals surface area contributed by atoms with E-state index in [0.29, 0.717) is 6.29 Å². The first-order valence-electron chi connectivity index (χ1n) is 4.89. The SMILES string of the molecule is O=CCC#Cc1ccc(C(=O)O)c(OC(F)(F)F)c1. The first kappa shape index (κ1) is 14.6. The average Bonchev–Trinajstić information content (AvgIpc) is 2.27. The number of carboxylic acid groups (broad SMARTS) is 1. The number of carbonyl (C=O) groups excluding carboxylic acids is 1. The lowest BCUT2D eigenvalue weighted by atomic mass is 10.1. The number of hydrogen-bond donors (Lipinski definition) is 1. The van der Waals surface area contributed by atoms with Crippen molar-refractivity contribution in [2.75, 3.05) is 0 Å². The predicted molar refractivity (Wildman–Crippen MR) is 57.6 cm³/mol. The third-order valence-electron chi connectivity index (χ3n) is 1.86. The third kappa shape index (κ3) is 4.71. The molecule has 4 nitrogen and oxygen atoms in total. The van der Waals surface area contributed by atoms with E-state index in [2.05, 4.69) is 16.6 Å². The molecule has 19 heavy (non-hydrogen) atoms. The maximum atomic E-state index is 12.1. The van der Waals surface area contributed by atoms with E-state index in [9.17, 15) is 22.8 Å². The molecular formula is C12H7F3O4. The van der Waals surface area contributed by atoms with E-state index in [1.54, 1.807) is 0 Å². The fourth-order valence-corrected chi connectivity index (χ4v) is 1.18. The van der Waals surface area contributed by atoms with E-state index >= 15 is 0 Å². The fraction of sp³-hybridized carbons (Fsp3) is 0.167. The van der Waals surface area contributed by atoms with Crippen LogP contribution in [0.4, 0.5) is 13.2 Å². The molecule has 1 aromatic rings. The third-order valence-corrected chi connectivity index (χ3v) is 1.86. The minimum Gasteiger partial charge on any atom is -0.478 e. The summed E-state index contributed by atoms with van der Waals surface area (Å²) >= 11 is 0. The monoisotopic (exact) mass is 272 g/mol. The van der Waals surface area contributed by atoms with Crippen molar-refractivity contribution in [1.82, 2.24) is 0 Å². The van der Waals surface area contributed by atoms with Gasteiger partial charge in [0.1, 0.15) is 17.6 Å². The summed E-state index contributed by atoms with van der Waals surface area (Å²) in [6.07, 6.45) is -4.54. The first-order chi connectivity index (χ1) is 8.83. The van der Waals surface area contributed by atoms with Gasteiger partial charge < -0.3 is 14.6 Å².